The van der Waals surface area contributed by atoms with Gasteiger partial charge in [0.05, 0.1) is 30.9 Å². The Morgan fingerprint density at radius 3 is 1.88 bits per heavy atom. The Hall–Kier alpha value is -4.24. The minimum atomic E-state index is -1.83. The maximum Gasteiger partial charge on any atom is 0.407 e. The average molecular weight is 775 g/mol. The van der Waals surface area contributed by atoms with E-state index in [1.807, 2.05) is 62.8 Å². The Morgan fingerprint density at radius 2 is 1.33 bits per heavy atom. The monoisotopic (exact) mass is 774 g/mol. The number of hydrogen-bond donors (Lipinski definition) is 2. The number of fused-ring (bicyclic) bond motifs is 1. The normalized spacial score (nSPS) is 14.0. The number of hydroxylamine groups is 2. The summed E-state index contributed by atoms with van der Waals surface area (Å²) in [6.45, 7) is 12.6. The molecule has 2 N–H and O–H groups in total. The zero-order valence-corrected chi connectivity index (χ0v) is 30.7. The molecule has 13 heteroatoms. The van der Waals surface area contributed by atoms with Gasteiger partial charge in [0.2, 0.25) is 5.60 Å². The number of pyridine rings is 1. The van der Waals surface area contributed by atoms with Crippen molar-refractivity contribution in [1.82, 2.24) is 10.4 Å². The van der Waals surface area contributed by atoms with Gasteiger partial charge in [0.1, 0.15) is 30.1 Å². The minimum absolute atomic E-state index is 0. The zero-order valence-electron chi connectivity index (χ0n) is 28.5. The third kappa shape index (κ3) is 9.89. The van der Waals surface area contributed by atoms with Gasteiger partial charge in [-0.15, -0.1) is 5.06 Å². The number of anilines is 1. The maximum absolute atomic E-state index is 13.3. The fourth-order valence-corrected chi connectivity index (χ4v) is 4.56. The molecule has 1 aliphatic rings. The molecule has 2 aromatic carbocycles. The summed E-state index contributed by atoms with van der Waals surface area (Å²) in [7, 11) is 1.91. The van der Waals surface area contributed by atoms with Crippen molar-refractivity contribution < 1.29 is 66.8 Å². The minimum Gasteiger partial charge on any atom is -1.00 e. The summed E-state index contributed by atoms with van der Waals surface area (Å²) < 4.78 is 18.7. The van der Waals surface area contributed by atoms with Crippen LogP contribution in [0.5, 0.6) is 5.75 Å². The molecule has 0 spiro atoms. The van der Waals surface area contributed by atoms with Crippen LogP contribution in [-0.2, 0) is 26.2 Å². The molecule has 258 valence electrons. The first kappa shape index (κ1) is 38.2. The standard InChI is InChI=1S/C35H42N4O8.HI/c1-33(2,3)45-31(42)35(7,47-39-29(40)26-11-9-10-12-27(26)30(39)41)22-44-25-16-13-23(14-17-25)24-15-18-28(38(8)21-24)36-19-20-37-32(43)46-34(4,5)6;/h9-18,21H,19-20,22H2,1-8H3,(H,37,43);1H/t35-;/m0./s1. The first-order chi connectivity index (χ1) is 22.0. The van der Waals surface area contributed by atoms with Gasteiger partial charge in [-0.1, -0.05) is 24.3 Å². The summed E-state index contributed by atoms with van der Waals surface area (Å²) in [6.07, 6.45) is 1.51. The van der Waals surface area contributed by atoms with Crippen molar-refractivity contribution in [2.45, 2.75) is 65.3 Å². The second kappa shape index (κ2) is 15.3. The molecule has 12 nitrogen and oxygen atoms in total. The number of hydrogen-bond acceptors (Lipinski definition) is 9. The largest absolute Gasteiger partial charge is 1.00 e. The van der Waals surface area contributed by atoms with Crippen molar-refractivity contribution in [3.8, 4) is 16.9 Å². The zero-order chi connectivity index (χ0) is 34.6. The van der Waals surface area contributed by atoms with Crippen LogP contribution in [0.15, 0.2) is 66.9 Å². The first-order valence-electron chi connectivity index (χ1n) is 15.3. The molecular formula is C35H43IN4O8. The van der Waals surface area contributed by atoms with Crippen molar-refractivity contribution in [3.63, 3.8) is 0 Å². The number of rotatable bonds is 11. The fraction of sp³-hybridized carbons (Fsp3) is 0.400. The molecule has 1 aromatic heterocycles. The van der Waals surface area contributed by atoms with Crippen LogP contribution in [0, 0.1) is 0 Å². The van der Waals surface area contributed by atoms with Gasteiger partial charge in [0.15, 0.2) is 0 Å². The van der Waals surface area contributed by atoms with Gasteiger partial charge in [0, 0.05) is 11.6 Å². The average Bonchev–Trinajstić information content (AvgIpc) is 3.22. The fourth-order valence-electron chi connectivity index (χ4n) is 4.56. The molecule has 0 aliphatic carbocycles. The lowest BCUT2D eigenvalue weighted by atomic mass is 10.1. The number of imide groups is 1. The van der Waals surface area contributed by atoms with E-state index in [1.165, 1.54) is 19.1 Å². The van der Waals surface area contributed by atoms with E-state index in [9.17, 15) is 19.2 Å². The molecule has 1 aliphatic heterocycles. The number of esters is 1. The molecule has 0 saturated carbocycles. The Morgan fingerprint density at radius 1 is 0.771 bits per heavy atom. The summed E-state index contributed by atoms with van der Waals surface area (Å²) in [6, 6.07) is 17.5. The Kier molecular flexibility index (Phi) is 12.2. The van der Waals surface area contributed by atoms with E-state index in [2.05, 4.69) is 10.6 Å². The molecule has 0 radical (unpaired) electrons. The summed E-state index contributed by atoms with van der Waals surface area (Å²) in [5.74, 6) is -0.831. The number of ether oxygens (including phenoxy) is 3. The van der Waals surface area contributed by atoms with E-state index in [4.69, 9.17) is 19.0 Å². The van der Waals surface area contributed by atoms with Crippen molar-refractivity contribution in [1.29, 1.82) is 0 Å². The van der Waals surface area contributed by atoms with Gasteiger partial charge >= 0.3 is 12.1 Å². The van der Waals surface area contributed by atoms with Gasteiger partial charge in [-0.2, -0.15) is 0 Å². The van der Waals surface area contributed by atoms with E-state index in [0.717, 1.165) is 16.9 Å². The number of halogens is 1. The summed E-state index contributed by atoms with van der Waals surface area (Å²) in [4.78, 5) is 56.9. The molecule has 2 heterocycles. The Balaban J connectivity index is 0.00000625. The molecular weight excluding hydrogens is 731 g/mol. The van der Waals surface area contributed by atoms with Crippen LogP contribution in [0.1, 0.15) is 69.2 Å². The number of alkyl carbamates (subject to hydrolysis) is 1. The van der Waals surface area contributed by atoms with E-state index >= 15 is 0 Å². The molecule has 0 fully saturated rings. The van der Waals surface area contributed by atoms with Crippen LogP contribution >= 0.6 is 0 Å². The molecule has 48 heavy (non-hydrogen) atoms. The summed E-state index contributed by atoms with van der Waals surface area (Å²) in [5, 5.41) is 6.60. The molecule has 4 rings (SSSR count). The van der Waals surface area contributed by atoms with Crippen LogP contribution < -0.4 is 43.9 Å². The summed E-state index contributed by atoms with van der Waals surface area (Å²) >= 11 is 0. The van der Waals surface area contributed by atoms with E-state index in [-0.39, 0.29) is 41.7 Å². The number of benzene rings is 2. The Labute approximate surface area is 298 Å². The first-order valence-corrected chi connectivity index (χ1v) is 15.3. The summed E-state index contributed by atoms with van der Waals surface area (Å²) in [5.41, 5.74) is -1.00. The highest BCUT2D eigenvalue weighted by atomic mass is 127. The number of carbonyl (C=O) groups excluding carboxylic acids is 4. The molecule has 0 saturated heterocycles. The highest BCUT2D eigenvalue weighted by Gasteiger charge is 2.47. The van der Waals surface area contributed by atoms with Gasteiger partial charge < -0.3 is 43.5 Å². The molecule has 3 amide bonds. The van der Waals surface area contributed by atoms with Crippen LogP contribution in [0.4, 0.5) is 10.6 Å². The number of aryl methyl sites for hydroxylation is 1. The lowest BCUT2D eigenvalue weighted by Crippen LogP contribution is -3.00. The van der Waals surface area contributed by atoms with Crippen LogP contribution in [0.3, 0.4) is 0 Å². The predicted molar refractivity (Wildman–Crippen MR) is 174 cm³/mol. The highest BCUT2D eigenvalue weighted by Crippen LogP contribution is 2.29. The van der Waals surface area contributed by atoms with Crippen molar-refractivity contribution in [2.24, 2.45) is 7.05 Å². The van der Waals surface area contributed by atoms with Crippen LogP contribution in [-0.4, -0.2) is 65.4 Å². The number of carbonyl (C=O) groups is 4. The van der Waals surface area contributed by atoms with Crippen molar-refractivity contribution >= 4 is 29.7 Å². The number of nitrogens with zero attached hydrogens (tertiary/aromatic N) is 2. The second-order valence-corrected chi connectivity index (χ2v) is 13.4. The van der Waals surface area contributed by atoms with E-state index in [0.29, 0.717) is 23.9 Å². The molecule has 0 bridgehead atoms. The lowest BCUT2D eigenvalue weighted by molar-refractivity contribution is -0.656. The quantitative estimate of drug-likeness (QED) is 0.0984. The number of aromatic nitrogens is 1. The third-order valence-electron chi connectivity index (χ3n) is 6.81. The van der Waals surface area contributed by atoms with Gasteiger partial charge in [-0.3, -0.25) is 14.9 Å². The van der Waals surface area contributed by atoms with Crippen LogP contribution in [0.2, 0.25) is 0 Å². The van der Waals surface area contributed by atoms with Gasteiger partial charge in [-0.05, 0) is 84.4 Å². The Bertz CT molecular complexity index is 1610. The van der Waals surface area contributed by atoms with E-state index < -0.39 is 40.7 Å². The SMILES string of the molecule is C[n+]1cc(-c2ccc(OC[C@](C)(ON3C(=O)c4ccccc4C3=O)C(=O)OC(C)(C)C)cc2)ccc1NCCNC(=O)OC(C)(C)C.[I-]. The number of amides is 3. The molecule has 1 atom stereocenters. The smallest absolute Gasteiger partial charge is 0.407 e. The van der Waals surface area contributed by atoms with Gasteiger partial charge in [0.25, 0.3) is 17.6 Å². The lowest BCUT2D eigenvalue weighted by Gasteiger charge is -2.32. The topological polar surface area (TPSA) is 136 Å². The van der Waals surface area contributed by atoms with Gasteiger partial charge in [-0.25, -0.2) is 19.0 Å². The third-order valence-corrected chi connectivity index (χ3v) is 6.81. The van der Waals surface area contributed by atoms with E-state index in [1.54, 1.807) is 45.0 Å². The molecule has 0 unspecified atom stereocenters. The van der Waals surface area contributed by atoms with Crippen molar-refractivity contribution in [3.05, 3.63) is 78.0 Å². The van der Waals surface area contributed by atoms with Crippen molar-refractivity contribution in [2.75, 3.05) is 25.0 Å². The second-order valence-electron chi connectivity index (χ2n) is 13.4. The number of nitrogens with one attached hydrogen (secondary N) is 2. The molecule has 3 aromatic rings. The highest BCUT2D eigenvalue weighted by molar-refractivity contribution is 6.20. The maximum atomic E-state index is 13.3. The predicted octanol–water partition coefficient (Wildman–Crippen LogP) is 1.83. The van der Waals surface area contributed by atoms with Crippen LogP contribution in [0.25, 0.3) is 11.1 Å².